The third kappa shape index (κ3) is 4.10. The molecular weight excluding hydrogens is 362 g/mol. The van der Waals surface area contributed by atoms with Gasteiger partial charge in [-0.3, -0.25) is 4.79 Å². The van der Waals surface area contributed by atoms with E-state index in [0.717, 1.165) is 9.99 Å². The van der Waals surface area contributed by atoms with Crippen molar-refractivity contribution >= 4 is 15.9 Å². The first-order valence-electron chi connectivity index (χ1n) is 8.41. The molecule has 0 aliphatic heterocycles. The summed E-state index contributed by atoms with van der Waals surface area (Å²) in [5, 5.41) is 2.79. The van der Waals surface area contributed by atoms with Crippen molar-refractivity contribution in [2.75, 3.05) is 14.1 Å². The second kappa shape index (κ2) is 7.77. The van der Waals surface area contributed by atoms with Crippen molar-refractivity contribution in [1.29, 1.82) is 0 Å². The van der Waals surface area contributed by atoms with Crippen LogP contribution in [0, 0.1) is 0 Å². The van der Waals surface area contributed by atoms with Crippen LogP contribution >= 0.6 is 0 Å². The van der Waals surface area contributed by atoms with E-state index in [1.165, 1.54) is 14.1 Å². The maximum atomic E-state index is 12.4. The molecule has 0 bridgehead atoms. The summed E-state index contributed by atoms with van der Waals surface area (Å²) in [7, 11) is -0.605. The Hall–Kier alpha value is -2.90. The summed E-state index contributed by atoms with van der Waals surface area (Å²) in [6.07, 6.45) is 3.86. The van der Waals surface area contributed by atoms with E-state index in [1.807, 2.05) is 41.2 Å². The highest BCUT2D eigenvalue weighted by atomic mass is 32.2. The Kier molecular flexibility index (Phi) is 5.43. The first-order valence-corrected chi connectivity index (χ1v) is 9.85. The van der Waals surface area contributed by atoms with Crippen molar-refractivity contribution in [3.8, 4) is 5.69 Å². The summed E-state index contributed by atoms with van der Waals surface area (Å²) in [4.78, 5) is 12.6. The first-order chi connectivity index (χ1) is 12.9. The Balaban J connectivity index is 1.73. The van der Waals surface area contributed by atoms with E-state index in [1.54, 1.807) is 36.4 Å². The summed E-state index contributed by atoms with van der Waals surface area (Å²) in [5.74, 6) is -0.258. The van der Waals surface area contributed by atoms with E-state index in [4.69, 9.17) is 0 Å². The molecule has 0 aliphatic rings. The molecule has 0 aliphatic carbocycles. The van der Waals surface area contributed by atoms with E-state index < -0.39 is 10.0 Å². The predicted molar refractivity (Wildman–Crippen MR) is 104 cm³/mol. The molecule has 140 valence electrons. The lowest BCUT2D eigenvalue weighted by molar-refractivity contribution is 0.0950. The molecule has 27 heavy (non-hydrogen) atoms. The third-order valence-electron chi connectivity index (χ3n) is 4.20. The Morgan fingerprint density at radius 2 is 1.59 bits per heavy atom. The van der Waals surface area contributed by atoms with Crippen LogP contribution in [0.2, 0.25) is 0 Å². The minimum absolute atomic E-state index is 0.126. The molecule has 1 amide bonds. The van der Waals surface area contributed by atoms with Crippen LogP contribution in [0.15, 0.2) is 78.0 Å². The number of aromatic nitrogens is 1. The fourth-order valence-corrected chi connectivity index (χ4v) is 3.78. The lowest BCUT2D eigenvalue weighted by Gasteiger charge is -2.15. The molecule has 2 aromatic carbocycles. The number of hydrogen-bond donors (Lipinski definition) is 1. The van der Waals surface area contributed by atoms with E-state index in [0.29, 0.717) is 11.1 Å². The number of nitrogens with one attached hydrogen (secondary N) is 1. The highest BCUT2D eigenvalue weighted by Gasteiger charge is 2.20. The van der Waals surface area contributed by atoms with E-state index in [-0.39, 0.29) is 17.3 Å². The summed E-state index contributed by atoms with van der Waals surface area (Å²) in [5.41, 5.74) is 2.02. The molecule has 0 radical (unpaired) electrons. The van der Waals surface area contributed by atoms with Gasteiger partial charge in [0.2, 0.25) is 10.0 Å². The molecule has 0 saturated carbocycles. The maximum absolute atomic E-state index is 12.4. The van der Waals surface area contributed by atoms with Crippen LogP contribution in [-0.2, 0) is 16.6 Å². The Bertz CT molecular complexity index is 1020. The standard InChI is InChI=1S/C20H21N3O3S/c1-22(2)27(25,26)19-8-4-3-7-17(19)15-21-20(24)16-9-11-18(12-10-16)23-13-5-6-14-23/h3-14H,15H2,1-2H3,(H,21,24). The zero-order valence-electron chi connectivity index (χ0n) is 15.2. The van der Waals surface area contributed by atoms with Gasteiger partial charge in [-0.1, -0.05) is 18.2 Å². The van der Waals surface area contributed by atoms with Gasteiger partial charge in [-0.25, -0.2) is 12.7 Å². The van der Waals surface area contributed by atoms with Crippen molar-refractivity contribution in [2.24, 2.45) is 0 Å². The van der Waals surface area contributed by atoms with Crippen LogP contribution in [0.25, 0.3) is 5.69 Å². The van der Waals surface area contributed by atoms with E-state index in [9.17, 15) is 13.2 Å². The number of amides is 1. The van der Waals surface area contributed by atoms with Gasteiger partial charge in [0.25, 0.3) is 5.91 Å². The number of carbonyl (C=O) groups is 1. The number of rotatable bonds is 6. The lowest BCUT2D eigenvalue weighted by Crippen LogP contribution is -2.27. The first kappa shape index (κ1) is 18.9. The molecule has 0 spiro atoms. The maximum Gasteiger partial charge on any atom is 0.251 e. The van der Waals surface area contributed by atoms with Gasteiger partial charge < -0.3 is 9.88 Å². The summed E-state index contributed by atoms with van der Waals surface area (Å²) in [6, 6.07) is 17.7. The van der Waals surface area contributed by atoms with E-state index >= 15 is 0 Å². The predicted octanol–water partition coefficient (Wildman–Crippen LogP) is 2.66. The summed E-state index contributed by atoms with van der Waals surface area (Å²) in [6.45, 7) is 0.126. The minimum atomic E-state index is -3.57. The molecule has 1 heterocycles. The number of benzene rings is 2. The van der Waals surface area contributed by atoms with Gasteiger partial charge >= 0.3 is 0 Å². The Labute approximate surface area is 159 Å². The molecule has 1 aromatic heterocycles. The highest BCUT2D eigenvalue weighted by Crippen LogP contribution is 2.18. The Morgan fingerprint density at radius 3 is 2.22 bits per heavy atom. The van der Waals surface area contributed by atoms with Gasteiger partial charge in [-0.05, 0) is 48.0 Å². The second-order valence-corrected chi connectivity index (χ2v) is 8.34. The molecule has 6 nitrogen and oxygen atoms in total. The fourth-order valence-electron chi connectivity index (χ4n) is 2.67. The van der Waals surface area contributed by atoms with Crippen LogP contribution < -0.4 is 5.32 Å². The number of hydrogen-bond acceptors (Lipinski definition) is 3. The zero-order valence-corrected chi connectivity index (χ0v) is 16.0. The van der Waals surface area contributed by atoms with Gasteiger partial charge in [0.05, 0.1) is 4.90 Å². The zero-order chi connectivity index (χ0) is 19.4. The van der Waals surface area contributed by atoms with Crippen molar-refractivity contribution in [3.63, 3.8) is 0 Å². The molecule has 3 rings (SSSR count). The fraction of sp³-hybridized carbons (Fsp3) is 0.150. The minimum Gasteiger partial charge on any atom is -0.348 e. The second-order valence-electron chi connectivity index (χ2n) is 6.22. The van der Waals surface area contributed by atoms with Gasteiger partial charge in [0.15, 0.2) is 0 Å². The lowest BCUT2D eigenvalue weighted by atomic mass is 10.1. The third-order valence-corrected chi connectivity index (χ3v) is 6.12. The van der Waals surface area contributed by atoms with Crippen LogP contribution in [0.4, 0.5) is 0 Å². The van der Waals surface area contributed by atoms with Gasteiger partial charge in [-0.15, -0.1) is 0 Å². The summed E-state index contributed by atoms with van der Waals surface area (Å²) >= 11 is 0. The van der Waals surface area contributed by atoms with Crippen molar-refractivity contribution in [1.82, 2.24) is 14.2 Å². The summed E-state index contributed by atoms with van der Waals surface area (Å²) < 4.78 is 28.0. The monoisotopic (exact) mass is 383 g/mol. The largest absolute Gasteiger partial charge is 0.348 e. The molecule has 0 saturated heterocycles. The molecule has 3 aromatic rings. The topological polar surface area (TPSA) is 71.4 Å². The Morgan fingerprint density at radius 1 is 0.963 bits per heavy atom. The number of carbonyl (C=O) groups excluding carboxylic acids is 1. The van der Waals surface area contributed by atoms with Crippen LogP contribution in [0.3, 0.4) is 0 Å². The molecule has 0 fully saturated rings. The van der Waals surface area contributed by atoms with Crippen LogP contribution in [0.1, 0.15) is 15.9 Å². The number of sulfonamides is 1. The molecular formula is C20H21N3O3S. The SMILES string of the molecule is CN(C)S(=O)(=O)c1ccccc1CNC(=O)c1ccc(-n2cccc2)cc1. The quantitative estimate of drug-likeness (QED) is 0.711. The van der Waals surface area contributed by atoms with Crippen molar-refractivity contribution in [2.45, 2.75) is 11.4 Å². The average Bonchev–Trinajstić information content (AvgIpc) is 3.21. The van der Waals surface area contributed by atoms with Gasteiger partial charge in [-0.2, -0.15) is 0 Å². The van der Waals surface area contributed by atoms with Crippen molar-refractivity contribution in [3.05, 3.63) is 84.2 Å². The highest BCUT2D eigenvalue weighted by molar-refractivity contribution is 7.89. The number of nitrogens with zero attached hydrogens (tertiary/aromatic N) is 2. The van der Waals surface area contributed by atoms with E-state index in [2.05, 4.69) is 5.32 Å². The van der Waals surface area contributed by atoms with Crippen molar-refractivity contribution < 1.29 is 13.2 Å². The molecule has 0 atom stereocenters. The normalized spacial score (nSPS) is 11.5. The average molecular weight is 383 g/mol. The molecule has 1 N–H and O–H groups in total. The van der Waals surface area contributed by atoms with Crippen LogP contribution in [-0.4, -0.2) is 37.3 Å². The smallest absolute Gasteiger partial charge is 0.251 e. The van der Waals surface area contributed by atoms with Crippen LogP contribution in [0.5, 0.6) is 0 Å². The van der Waals surface area contributed by atoms with Gasteiger partial charge in [0.1, 0.15) is 0 Å². The molecule has 0 unspecified atom stereocenters. The van der Waals surface area contributed by atoms with Gasteiger partial charge in [0, 0.05) is 44.3 Å². The molecule has 7 heteroatoms.